The summed E-state index contributed by atoms with van der Waals surface area (Å²) in [5, 5.41) is 0.462. The topological polar surface area (TPSA) is 17.1 Å². The Morgan fingerprint density at radius 1 is 1.06 bits per heavy atom. The van der Waals surface area contributed by atoms with Crippen LogP contribution >= 0.6 is 11.6 Å². The van der Waals surface area contributed by atoms with E-state index in [2.05, 4.69) is 0 Å². The predicted molar refractivity (Wildman–Crippen MR) is 62.2 cm³/mol. The van der Waals surface area contributed by atoms with Crippen LogP contribution < -0.4 is 0 Å². The Morgan fingerprint density at radius 2 is 1.81 bits per heavy atom. The first kappa shape index (κ1) is 10.8. The molecule has 16 heavy (non-hydrogen) atoms. The molecule has 0 unspecified atom stereocenters. The maximum absolute atomic E-state index is 13.6. The van der Waals surface area contributed by atoms with Gasteiger partial charge in [0.05, 0.1) is 0 Å². The Morgan fingerprint density at radius 3 is 2.50 bits per heavy atom. The van der Waals surface area contributed by atoms with Crippen LogP contribution in [0.15, 0.2) is 42.5 Å². The normalized spacial score (nSPS) is 10.1. The second-order valence-corrected chi connectivity index (χ2v) is 3.74. The fourth-order valence-electron chi connectivity index (χ4n) is 1.50. The van der Waals surface area contributed by atoms with E-state index in [-0.39, 0.29) is 0 Å². The second-order valence-electron chi connectivity index (χ2n) is 3.34. The maximum Gasteiger partial charge on any atom is 0.150 e. The van der Waals surface area contributed by atoms with Crippen LogP contribution in [0.25, 0.3) is 11.1 Å². The SMILES string of the molecule is O=Cc1ccc(F)c(-c2ccccc2Cl)c1. The lowest BCUT2D eigenvalue weighted by atomic mass is 10.0. The van der Waals surface area contributed by atoms with Crippen molar-refractivity contribution in [2.75, 3.05) is 0 Å². The third-order valence-electron chi connectivity index (χ3n) is 2.29. The van der Waals surface area contributed by atoms with Gasteiger partial charge in [-0.05, 0) is 24.3 Å². The zero-order chi connectivity index (χ0) is 11.5. The molecule has 0 aromatic heterocycles. The number of halogens is 2. The van der Waals surface area contributed by atoms with Gasteiger partial charge in [-0.2, -0.15) is 0 Å². The van der Waals surface area contributed by atoms with Crippen LogP contribution in [0.4, 0.5) is 4.39 Å². The molecule has 0 saturated heterocycles. The average molecular weight is 235 g/mol. The van der Waals surface area contributed by atoms with Gasteiger partial charge in [-0.3, -0.25) is 4.79 Å². The van der Waals surface area contributed by atoms with Gasteiger partial charge >= 0.3 is 0 Å². The summed E-state index contributed by atoms with van der Waals surface area (Å²) in [6, 6.07) is 11.1. The van der Waals surface area contributed by atoms with Crippen LogP contribution in [-0.2, 0) is 0 Å². The Kier molecular flexibility index (Phi) is 3.02. The van der Waals surface area contributed by atoms with E-state index >= 15 is 0 Å². The van der Waals surface area contributed by atoms with Crippen molar-refractivity contribution in [1.29, 1.82) is 0 Å². The number of rotatable bonds is 2. The molecule has 1 nitrogen and oxygen atoms in total. The van der Waals surface area contributed by atoms with Gasteiger partial charge in [0.25, 0.3) is 0 Å². The molecule has 2 aromatic rings. The number of benzene rings is 2. The highest BCUT2D eigenvalue weighted by Gasteiger charge is 2.08. The summed E-state index contributed by atoms with van der Waals surface area (Å²) in [6.07, 6.45) is 0.680. The van der Waals surface area contributed by atoms with Crippen molar-refractivity contribution < 1.29 is 9.18 Å². The monoisotopic (exact) mass is 234 g/mol. The molecule has 3 heteroatoms. The molecule has 0 aliphatic heterocycles. The van der Waals surface area contributed by atoms with E-state index in [0.29, 0.717) is 28.0 Å². The van der Waals surface area contributed by atoms with E-state index in [9.17, 15) is 9.18 Å². The molecule has 0 atom stereocenters. The van der Waals surface area contributed by atoms with Crippen LogP contribution in [-0.4, -0.2) is 6.29 Å². The van der Waals surface area contributed by atoms with Crippen LogP contribution in [0.1, 0.15) is 10.4 Å². The molecule has 0 bridgehead atoms. The van der Waals surface area contributed by atoms with Gasteiger partial charge in [0.15, 0.2) is 0 Å². The van der Waals surface area contributed by atoms with Gasteiger partial charge in [0.2, 0.25) is 0 Å². The fourth-order valence-corrected chi connectivity index (χ4v) is 1.74. The molecule has 0 saturated carbocycles. The van der Waals surface area contributed by atoms with Crippen molar-refractivity contribution in [2.45, 2.75) is 0 Å². The second kappa shape index (κ2) is 4.45. The van der Waals surface area contributed by atoms with Crippen molar-refractivity contribution in [3.63, 3.8) is 0 Å². The third kappa shape index (κ3) is 1.97. The van der Waals surface area contributed by atoms with E-state index in [0.717, 1.165) is 0 Å². The molecule has 2 rings (SSSR count). The van der Waals surface area contributed by atoms with E-state index in [1.165, 1.54) is 18.2 Å². The predicted octanol–water partition coefficient (Wildman–Crippen LogP) is 3.96. The molecule has 80 valence electrons. The number of carbonyl (C=O) groups excluding carboxylic acids is 1. The Hall–Kier alpha value is -1.67. The van der Waals surface area contributed by atoms with Crippen molar-refractivity contribution in [3.05, 3.63) is 58.9 Å². The zero-order valence-electron chi connectivity index (χ0n) is 8.28. The fraction of sp³-hybridized carbons (Fsp3) is 0. The van der Waals surface area contributed by atoms with Crippen molar-refractivity contribution in [2.24, 2.45) is 0 Å². The quantitative estimate of drug-likeness (QED) is 0.719. The number of hydrogen-bond acceptors (Lipinski definition) is 1. The highest BCUT2D eigenvalue weighted by Crippen LogP contribution is 2.29. The first-order chi connectivity index (χ1) is 7.72. The summed E-state index contributed by atoms with van der Waals surface area (Å²) in [6.45, 7) is 0. The minimum Gasteiger partial charge on any atom is -0.298 e. The van der Waals surface area contributed by atoms with E-state index in [1.54, 1.807) is 24.3 Å². The van der Waals surface area contributed by atoms with Crippen LogP contribution in [0.2, 0.25) is 5.02 Å². The average Bonchev–Trinajstić information content (AvgIpc) is 2.31. The van der Waals surface area contributed by atoms with Gasteiger partial charge in [-0.25, -0.2) is 4.39 Å². The van der Waals surface area contributed by atoms with E-state index in [1.807, 2.05) is 0 Å². The highest BCUT2D eigenvalue weighted by atomic mass is 35.5. The van der Waals surface area contributed by atoms with Gasteiger partial charge in [0, 0.05) is 21.7 Å². The zero-order valence-corrected chi connectivity index (χ0v) is 9.04. The minimum atomic E-state index is -0.390. The third-order valence-corrected chi connectivity index (χ3v) is 2.62. The summed E-state index contributed by atoms with van der Waals surface area (Å²) >= 11 is 5.97. The molecule has 0 spiro atoms. The molecular formula is C13H8ClFO. The number of carbonyl (C=O) groups is 1. The lowest BCUT2D eigenvalue weighted by molar-refractivity contribution is 0.112. The molecule has 0 aliphatic rings. The number of aldehydes is 1. The van der Waals surface area contributed by atoms with Crippen LogP contribution in [0.5, 0.6) is 0 Å². The van der Waals surface area contributed by atoms with Crippen molar-refractivity contribution in [1.82, 2.24) is 0 Å². The molecule has 0 radical (unpaired) electrons. The molecule has 0 N–H and O–H groups in total. The van der Waals surface area contributed by atoms with Gasteiger partial charge in [0.1, 0.15) is 12.1 Å². The molecular weight excluding hydrogens is 227 g/mol. The first-order valence-electron chi connectivity index (χ1n) is 4.72. The Bertz CT molecular complexity index is 537. The summed E-state index contributed by atoms with van der Waals surface area (Å²) in [7, 11) is 0. The van der Waals surface area contributed by atoms with E-state index < -0.39 is 5.82 Å². The smallest absolute Gasteiger partial charge is 0.150 e. The van der Waals surface area contributed by atoms with Gasteiger partial charge in [-0.1, -0.05) is 29.8 Å². The molecule has 2 aromatic carbocycles. The van der Waals surface area contributed by atoms with E-state index in [4.69, 9.17) is 11.6 Å². The van der Waals surface area contributed by atoms with Crippen LogP contribution in [0.3, 0.4) is 0 Å². The van der Waals surface area contributed by atoms with Gasteiger partial charge in [-0.15, -0.1) is 0 Å². The van der Waals surface area contributed by atoms with Crippen LogP contribution in [0, 0.1) is 5.82 Å². The van der Waals surface area contributed by atoms with Crippen molar-refractivity contribution in [3.8, 4) is 11.1 Å². The number of hydrogen-bond donors (Lipinski definition) is 0. The summed E-state index contributed by atoms with van der Waals surface area (Å²) in [5.74, 6) is -0.390. The highest BCUT2D eigenvalue weighted by molar-refractivity contribution is 6.33. The molecule has 0 fully saturated rings. The Labute approximate surface area is 97.5 Å². The van der Waals surface area contributed by atoms with Crippen molar-refractivity contribution >= 4 is 17.9 Å². The largest absolute Gasteiger partial charge is 0.298 e. The lowest BCUT2D eigenvalue weighted by Crippen LogP contribution is -1.88. The Balaban J connectivity index is 2.63. The maximum atomic E-state index is 13.6. The standard InChI is InChI=1S/C13H8ClFO/c14-12-4-2-1-3-10(12)11-7-9(8-16)5-6-13(11)15/h1-8H. The summed E-state index contributed by atoms with van der Waals surface area (Å²) < 4.78 is 13.6. The molecule has 0 heterocycles. The lowest BCUT2D eigenvalue weighted by Gasteiger charge is -2.06. The molecule has 0 aliphatic carbocycles. The minimum absolute atomic E-state index is 0.343. The summed E-state index contributed by atoms with van der Waals surface area (Å²) in [4.78, 5) is 10.6. The summed E-state index contributed by atoms with van der Waals surface area (Å²) in [5.41, 5.74) is 1.36. The first-order valence-corrected chi connectivity index (χ1v) is 5.10. The molecule has 0 amide bonds. The van der Waals surface area contributed by atoms with Gasteiger partial charge < -0.3 is 0 Å².